The second-order valence-corrected chi connectivity index (χ2v) is 9.44. The quantitative estimate of drug-likeness (QED) is 0.572. The number of halogens is 1. The summed E-state index contributed by atoms with van der Waals surface area (Å²) in [7, 11) is 1.30. The number of esters is 1. The van der Waals surface area contributed by atoms with Gasteiger partial charge < -0.3 is 14.5 Å². The molecular formula is C26H31ClN2O4. The summed E-state index contributed by atoms with van der Waals surface area (Å²) in [5.41, 5.74) is 2.95. The van der Waals surface area contributed by atoms with E-state index < -0.39 is 17.6 Å². The molecule has 0 aromatic heterocycles. The number of rotatable bonds is 7. The molecule has 1 fully saturated rings. The van der Waals surface area contributed by atoms with Gasteiger partial charge in [0.15, 0.2) is 0 Å². The lowest BCUT2D eigenvalue weighted by atomic mass is 9.83. The van der Waals surface area contributed by atoms with Crippen LogP contribution >= 0.6 is 11.6 Å². The van der Waals surface area contributed by atoms with Gasteiger partial charge in [0.25, 0.3) is 0 Å². The maximum atomic E-state index is 13.8. The van der Waals surface area contributed by atoms with Gasteiger partial charge in [-0.1, -0.05) is 53.1 Å². The third-order valence-electron chi connectivity index (χ3n) is 6.35. The van der Waals surface area contributed by atoms with E-state index >= 15 is 0 Å². The maximum Gasteiger partial charge on any atom is 0.328 e. The summed E-state index contributed by atoms with van der Waals surface area (Å²) in [6.07, 6.45) is 0.768. The molecule has 0 spiro atoms. The van der Waals surface area contributed by atoms with Crippen molar-refractivity contribution in [3.05, 3.63) is 69.7 Å². The largest absolute Gasteiger partial charge is 0.467 e. The fourth-order valence-corrected chi connectivity index (χ4v) is 4.53. The second-order valence-electron chi connectivity index (χ2n) is 9.00. The first kappa shape index (κ1) is 24.8. The van der Waals surface area contributed by atoms with Gasteiger partial charge in [-0.15, -0.1) is 0 Å². The molecule has 1 heterocycles. The molecule has 2 aromatic rings. The number of methoxy groups -OCH3 is 1. The van der Waals surface area contributed by atoms with Crippen molar-refractivity contribution in [2.24, 2.45) is 0 Å². The van der Waals surface area contributed by atoms with E-state index in [0.29, 0.717) is 18.0 Å². The number of benzene rings is 2. The van der Waals surface area contributed by atoms with Crippen LogP contribution in [0, 0.1) is 13.8 Å². The summed E-state index contributed by atoms with van der Waals surface area (Å²) >= 11 is 5.99. The third-order valence-corrected chi connectivity index (χ3v) is 6.61. The summed E-state index contributed by atoms with van der Waals surface area (Å²) in [6.45, 7) is 8.14. The maximum absolute atomic E-state index is 13.8. The molecule has 3 rings (SSSR count). The average molecular weight is 471 g/mol. The minimum absolute atomic E-state index is 0.0979. The lowest BCUT2D eigenvalue weighted by molar-refractivity contribution is -0.169. The topological polar surface area (TPSA) is 66.9 Å². The van der Waals surface area contributed by atoms with Crippen LogP contribution in [0.15, 0.2) is 42.5 Å². The highest BCUT2D eigenvalue weighted by atomic mass is 35.5. The zero-order valence-electron chi connectivity index (χ0n) is 19.9. The average Bonchev–Trinajstić information content (AvgIpc) is 2.75. The number of nitrogens with zero attached hydrogens (tertiary/aromatic N) is 2. The normalized spacial score (nSPS) is 18.3. The number of hydrogen-bond acceptors (Lipinski definition) is 4. The Labute approximate surface area is 200 Å². The van der Waals surface area contributed by atoms with Gasteiger partial charge in [-0.05, 0) is 57.4 Å². The first-order valence-corrected chi connectivity index (χ1v) is 11.4. The third kappa shape index (κ3) is 5.38. The molecule has 1 unspecified atom stereocenters. The zero-order valence-corrected chi connectivity index (χ0v) is 20.6. The number of carbonyl (C=O) groups excluding carboxylic acids is 3. The minimum atomic E-state index is -1.01. The van der Waals surface area contributed by atoms with Gasteiger partial charge in [0.05, 0.1) is 13.5 Å². The van der Waals surface area contributed by atoms with Gasteiger partial charge in [0, 0.05) is 18.1 Å². The molecule has 33 heavy (non-hydrogen) atoms. The Kier molecular flexibility index (Phi) is 7.48. The SMILES string of the molecule is COC(=O)[C@@H](C)N(Cc1ccc(Cl)cc1)C(=O)C1(C)CCN1C(=O)Cc1cc(C)cc(C)c1. The second kappa shape index (κ2) is 9.96. The Morgan fingerprint density at radius 1 is 1.09 bits per heavy atom. The van der Waals surface area contributed by atoms with Crippen molar-refractivity contribution in [1.82, 2.24) is 9.80 Å². The van der Waals surface area contributed by atoms with Crippen molar-refractivity contribution in [3.8, 4) is 0 Å². The van der Waals surface area contributed by atoms with Crippen LogP contribution in [0.2, 0.25) is 5.02 Å². The summed E-state index contributed by atoms with van der Waals surface area (Å²) in [6, 6.07) is 12.4. The molecule has 1 aliphatic rings. The Hall–Kier alpha value is -2.86. The van der Waals surface area contributed by atoms with E-state index in [9.17, 15) is 14.4 Å². The molecule has 7 heteroatoms. The summed E-state index contributed by atoms with van der Waals surface area (Å²) in [5.74, 6) is -0.872. The number of likely N-dealkylation sites (tertiary alicyclic amines) is 1. The Morgan fingerprint density at radius 3 is 2.21 bits per heavy atom. The minimum Gasteiger partial charge on any atom is -0.467 e. The van der Waals surface area contributed by atoms with Crippen LogP contribution in [-0.4, -0.2) is 52.8 Å². The van der Waals surface area contributed by atoms with Crippen LogP contribution in [0.25, 0.3) is 0 Å². The molecule has 2 amide bonds. The van der Waals surface area contributed by atoms with Crippen LogP contribution in [0.5, 0.6) is 0 Å². The molecule has 0 N–H and O–H groups in total. The number of aryl methyl sites for hydroxylation is 2. The van der Waals surface area contributed by atoms with E-state index in [4.69, 9.17) is 16.3 Å². The summed E-state index contributed by atoms with van der Waals surface area (Å²) in [4.78, 5) is 42.4. The lowest BCUT2D eigenvalue weighted by Crippen LogP contribution is -2.69. The molecule has 2 atom stereocenters. The fraction of sp³-hybridized carbons (Fsp3) is 0.423. The van der Waals surface area contributed by atoms with Crippen molar-refractivity contribution < 1.29 is 19.1 Å². The first-order chi connectivity index (χ1) is 15.5. The highest BCUT2D eigenvalue weighted by molar-refractivity contribution is 6.30. The van der Waals surface area contributed by atoms with E-state index in [1.165, 1.54) is 12.0 Å². The standard InChI is InChI=1S/C26H31ClN2O4/c1-17-12-18(2)14-21(13-17)15-23(30)29-11-10-26(29,4)25(32)28(19(3)24(31)33-5)16-20-6-8-22(27)9-7-20/h6-9,12-14,19H,10-11,15-16H2,1-5H3/t19-,26?/m1/s1. The van der Waals surface area contributed by atoms with E-state index in [-0.39, 0.29) is 24.8 Å². The van der Waals surface area contributed by atoms with E-state index in [2.05, 4.69) is 6.07 Å². The van der Waals surface area contributed by atoms with Gasteiger partial charge in [-0.25, -0.2) is 4.79 Å². The smallest absolute Gasteiger partial charge is 0.328 e. The number of ether oxygens (including phenoxy) is 1. The van der Waals surface area contributed by atoms with Crippen LogP contribution in [0.3, 0.4) is 0 Å². The molecule has 0 bridgehead atoms. The molecule has 0 aliphatic carbocycles. The molecule has 2 aromatic carbocycles. The monoisotopic (exact) mass is 470 g/mol. The van der Waals surface area contributed by atoms with Crippen molar-refractivity contribution in [2.75, 3.05) is 13.7 Å². The summed E-state index contributed by atoms with van der Waals surface area (Å²) in [5, 5.41) is 0.590. The van der Waals surface area contributed by atoms with Crippen molar-refractivity contribution in [2.45, 2.75) is 58.7 Å². The van der Waals surface area contributed by atoms with Crippen molar-refractivity contribution >= 4 is 29.4 Å². The van der Waals surface area contributed by atoms with Crippen molar-refractivity contribution in [3.63, 3.8) is 0 Å². The van der Waals surface area contributed by atoms with Gasteiger partial charge in [-0.3, -0.25) is 9.59 Å². The first-order valence-electron chi connectivity index (χ1n) is 11.1. The molecule has 6 nitrogen and oxygen atoms in total. The van der Waals surface area contributed by atoms with Crippen LogP contribution in [-0.2, 0) is 32.1 Å². The van der Waals surface area contributed by atoms with Gasteiger partial charge in [0.1, 0.15) is 11.6 Å². The highest BCUT2D eigenvalue weighted by Crippen LogP contribution is 2.34. The van der Waals surface area contributed by atoms with Crippen molar-refractivity contribution in [1.29, 1.82) is 0 Å². The van der Waals surface area contributed by atoms with Gasteiger partial charge >= 0.3 is 5.97 Å². The van der Waals surface area contributed by atoms with Gasteiger partial charge in [-0.2, -0.15) is 0 Å². The number of hydrogen-bond donors (Lipinski definition) is 0. The predicted octanol–water partition coefficient (Wildman–Crippen LogP) is 4.08. The molecule has 0 saturated carbocycles. The van der Waals surface area contributed by atoms with Crippen LogP contribution in [0.4, 0.5) is 0 Å². The fourth-order valence-electron chi connectivity index (χ4n) is 4.40. The summed E-state index contributed by atoms with van der Waals surface area (Å²) < 4.78 is 4.91. The Bertz CT molecular complexity index is 1030. The molecule has 0 radical (unpaired) electrons. The molecule has 1 aliphatic heterocycles. The Morgan fingerprint density at radius 2 is 1.70 bits per heavy atom. The zero-order chi connectivity index (χ0) is 24.3. The van der Waals surface area contributed by atoms with Crippen LogP contribution < -0.4 is 0 Å². The van der Waals surface area contributed by atoms with Crippen LogP contribution in [0.1, 0.15) is 42.5 Å². The number of carbonyl (C=O) groups is 3. The van der Waals surface area contributed by atoms with E-state index in [1.807, 2.05) is 38.1 Å². The molecular weight excluding hydrogens is 440 g/mol. The molecule has 176 valence electrons. The lowest BCUT2D eigenvalue weighted by Gasteiger charge is -2.51. The molecule has 1 saturated heterocycles. The van der Waals surface area contributed by atoms with Gasteiger partial charge in [0.2, 0.25) is 11.8 Å². The predicted molar refractivity (Wildman–Crippen MR) is 128 cm³/mol. The van der Waals surface area contributed by atoms with E-state index in [1.54, 1.807) is 30.9 Å². The highest BCUT2D eigenvalue weighted by Gasteiger charge is 2.52. The number of amides is 2. The van der Waals surface area contributed by atoms with E-state index in [0.717, 1.165) is 22.3 Å². The Balaban J connectivity index is 1.83.